The smallest absolute Gasteiger partial charge is 0.326 e. The van der Waals surface area contributed by atoms with Gasteiger partial charge in [-0.05, 0) is 154 Å². The van der Waals surface area contributed by atoms with Crippen molar-refractivity contribution >= 4 is 111 Å². The number of rotatable bonds is 49. The summed E-state index contributed by atoms with van der Waals surface area (Å²) >= 11 is 0. The van der Waals surface area contributed by atoms with Gasteiger partial charge in [-0.25, -0.2) is 4.79 Å². The Morgan fingerprint density at radius 1 is 0.317 bits per heavy atom. The molecule has 0 spiro atoms. The molecule has 0 bridgehead atoms. The Labute approximate surface area is 693 Å². The molecule has 0 saturated carbocycles. The van der Waals surface area contributed by atoms with E-state index in [0.29, 0.717) is 65.4 Å². The normalized spacial score (nSPS) is 15.1. The van der Waals surface area contributed by atoms with Crippen molar-refractivity contribution in [3.8, 4) is 5.75 Å². The molecule has 0 radical (unpaired) electrons. The van der Waals surface area contributed by atoms with Crippen LogP contribution in [0.2, 0.25) is 0 Å². The summed E-state index contributed by atoms with van der Waals surface area (Å²) in [4.78, 5) is 235. The fourth-order valence-corrected chi connectivity index (χ4v) is 12.0. The monoisotopic (exact) mass is 1670 g/mol. The van der Waals surface area contributed by atoms with E-state index in [9.17, 15) is 92.0 Å². The molecule has 39 heteroatoms. The summed E-state index contributed by atoms with van der Waals surface area (Å²) in [5.74, 6) is -16.7. The SMILES string of the molecule is C[C@H](N)C(=O)N[C@@H](C)C(=O)N[C@@H](C)C(=O)N[C@@H](C)C(=O)N[C@@H](Cc1ccccc1)C(=O)N[C@@H](Cc1ccc(O)cc1)C(=O)N[C@@H](CC(=O)O)C(=O)N[C@@H](Cc1c[nH]c2ccccc12)C(=O)N[C@@H](Cc1ccccc1)C(=O)N[C@@H](C)C(=O)N[C@@H](C)C(=O)N[C@@H](C)C(=O)N[C@@H](C)C(=O)N[C@@H](C)C(=O)N[C@@H](CCCCN)C(=O)N[C@@H](CCCCN)C(=O)O. The number of fused-ring (bicyclic) bond motifs is 1. The summed E-state index contributed by atoms with van der Waals surface area (Å²) in [5, 5.41) is 68.3. The Hall–Kier alpha value is -12.9. The third kappa shape index (κ3) is 32.5. The number of carbonyl (C=O) groups excluding carboxylic acids is 15. The van der Waals surface area contributed by atoms with E-state index in [0.717, 1.165) is 0 Å². The van der Waals surface area contributed by atoms with Crippen LogP contribution in [0.4, 0.5) is 0 Å². The van der Waals surface area contributed by atoms with Crippen LogP contribution in [0.3, 0.4) is 0 Å². The van der Waals surface area contributed by atoms with Crippen molar-refractivity contribution in [3.63, 3.8) is 0 Å². The first-order valence-corrected chi connectivity index (χ1v) is 39.4. The van der Waals surface area contributed by atoms with E-state index in [2.05, 4.69) is 84.7 Å². The van der Waals surface area contributed by atoms with Gasteiger partial charge in [0, 0.05) is 42.8 Å². The maximum absolute atomic E-state index is 15.1. The fourth-order valence-electron chi connectivity index (χ4n) is 12.0. The second-order valence-corrected chi connectivity index (χ2v) is 29.4. The van der Waals surface area contributed by atoms with E-state index in [1.54, 1.807) is 91.1 Å². The molecule has 1 heterocycles. The summed E-state index contributed by atoms with van der Waals surface area (Å²) in [6.45, 7) is 12.4. The molecule has 5 aromatic rings. The Bertz CT molecular complexity index is 4380. The van der Waals surface area contributed by atoms with Crippen molar-refractivity contribution < 1.29 is 96.8 Å². The number of hydrogen-bond donors (Lipinski definition) is 22. The number of nitrogens with two attached hydrogens (primary N) is 3. The van der Waals surface area contributed by atoms with Crippen LogP contribution in [-0.2, 0) is 107 Å². The first-order chi connectivity index (χ1) is 56.8. The number of aliphatic carboxylic acids is 2. The molecule has 0 unspecified atom stereocenters. The Kier molecular flexibility index (Phi) is 39.6. The molecular formula is C81H113N19O20. The number of carbonyl (C=O) groups is 17. The average Bonchev–Trinajstić information content (AvgIpc) is 1.57. The Balaban J connectivity index is 1.31. The van der Waals surface area contributed by atoms with Gasteiger partial charge < -0.3 is 117 Å². The second kappa shape index (κ2) is 48.7. The molecule has 0 aliphatic rings. The highest BCUT2D eigenvalue weighted by Crippen LogP contribution is 2.21. The zero-order chi connectivity index (χ0) is 89.0. The van der Waals surface area contributed by atoms with Crippen LogP contribution in [0.5, 0.6) is 5.75 Å². The van der Waals surface area contributed by atoms with E-state index in [-0.39, 0.29) is 50.8 Å². The molecule has 16 atom stereocenters. The minimum absolute atomic E-state index is 0.0912. The lowest BCUT2D eigenvalue weighted by atomic mass is 10.0. The third-order valence-corrected chi connectivity index (χ3v) is 19.2. The van der Waals surface area contributed by atoms with Crippen molar-refractivity contribution in [1.29, 1.82) is 0 Å². The number of carboxylic acid groups (broad SMARTS) is 2. The summed E-state index contributed by atoms with van der Waals surface area (Å²) in [6, 6.07) is 6.48. The molecule has 4 aromatic carbocycles. The number of carboxylic acids is 2. The molecule has 1 aromatic heterocycles. The summed E-state index contributed by atoms with van der Waals surface area (Å²) in [5.41, 5.74) is 19.1. The number of benzene rings is 4. The number of para-hydroxylation sites is 1. The number of H-pyrrole nitrogens is 1. The van der Waals surface area contributed by atoms with Crippen LogP contribution in [0.25, 0.3) is 10.9 Å². The molecular weight excluding hydrogens is 1560 g/mol. The molecule has 0 aliphatic carbocycles. The van der Waals surface area contributed by atoms with Crippen molar-refractivity contribution in [2.75, 3.05) is 13.1 Å². The maximum Gasteiger partial charge on any atom is 0.326 e. The number of aromatic hydroxyl groups is 1. The number of aromatic nitrogens is 1. The Morgan fingerprint density at radius 2 is 0.600 bits per heavy atom. The van der Waals surface area contributed by atoms with Crippen LogP contribution in [-0.4, -0.2) is 231 Å². The van der Waals surface area contributed by atoms with E-state index in [1.807, 2.05) is 0 Å². The summed E-state index contributed by atoms with van der Waals surface area (Å²) in [7, 11) is 0. The van der Waals surface area contributed by atoms with E-state index in [4.69, 9.17) is 17.2 Å². The number of phenols is 1. The standard InChI is InChI=1S/C81H113N19O20/c1-42(84)66(104)86-43(2)67(105)87-46(5)71(109)92-50(9)74(112)96-61(37-52-24-14-11-15-25-52)77(115)98-62(38-53-30-32-55(101)33-31-53)78(116)100-64(40-65(102)103)80(118)99-63(39-54-41-85-57-27-17-16-26-56(54)57)79(117)97-60(36-51-22-12-10-13-23-51)76(114)93-48(7)72(110)90-45(4)69(107)88-44(3)68(106)89-47(6)70(108)91-49(8)73(111)94-58(28-18-20-34-82)75(113)95-59(81(119)120)29-19-21-35-83/h10-17,22-27,30-33,41-50,58-64,85,101H,18-21,28-29,34-40,82-84H2,1-9H3,(H,86,104)(H,87,105)(H,88,107)(H,89,106)(H,90,110)(H,91,108)(H,92,109)(H,93,114)(H,94,111)(H,95,113)(H,96,112)(H,97,117)(H,98,115)(H,99,118)(H,100,116)(H,102,103)(H,119,120)/t42-,43-,44-,45-,46-,47-,48-,49-,50-,58-,59-,60-,61-,62-,63-,64-/m0/s1. The molecule has 120 heavy (non-hydrogen) atoms. The van der Waals surface area contributed by atoms with E-state index >= 15 is 4.79 Å². The third-order valence-electron chi connectivity index (χ3n) is 19.2. The minimum Gasteiger partial charge on any atom is -0.508 e. The molecule has 0 saturated heterocycles. The zero-order valence-electron chi connectivity index (χ0n) is 68.4. The number of nitrogens with one attached hydrogen (secondary N) is 16. The number of amides is 15. The van der Waals surface area contributed by atoms with Crippen LogP contribution < -0.4 is 97.0 Å². The molecule has 15 amide bonds. The van der Waals surface area contributed by atoms with Crippen LogP contribution in [0.15, 0.2) is 115 Å². The molecule has 0 aliphatic heterocycles. The predicted molar refractivity (Wildman–Crippen MR) is 438 cm³/mol. The van der Waals surface area contributed by atoms with Crippen molar-refractivity contribution in [2.45, 2.75) is 230 Å². The fraction of sp³-hybridized carbons (Fsp3) is 0.469. The van der Waals surface area contributed by atoms with Crippen molar-refractivity contribution in [2.24, 2.45) is 17.2 Å². The van der Waals surface area contributed by atoms with Gasteiger partial charge in [0.25, 0.3) is 0 Å². The van der Waals surface area contributed by atoms with Crippen molar-refractivity contribution in [1.82, 2.24) is 84.7 Å². The van der Waals surface area contributed by atoms with Gasteiger partial charge in [-0.15, -0.1) is 0 Å². The lowest BCUT2D eigenvalue weighted by molar-refractivity contribution is -0.142. The van der Waals surface area contributed by atoms with Gasteiger partial charge in [0.15, 0.2) is 0 Å². The van der Waals surface area contributed by atoms with Gasteiger partial charge in [-0.3, -0.25) is 76.7 Å². The number of hydrogen-bond acceptors (Lipinski definition) is 21. The first kappa shape index (κ1) is 97.7. The lowest BCUT2D eigenvalue weighted by Gasteiger charge is -2.28. The maximum atomic E-state index is 15.1. The largest absolute Gasteiger partial charge is 0.508 e. The van der Waals surface area contributed by atoms with Crippen LogP contribution in [0, 0.1) is 0 Å². The van der Waals surface area contributed by atoms with Gasteiger partial charge in [0.1, 0.15) is 96.4 Å². The quantitative estimate of drug-likeness (QED) is 0.0170. The topological polar surface area (TPSA) is 625 Å². The molecule has 5 rings (SSSR count). The van der Waals surface area contributed by atoms with Crippen molar-refractivity contribution in [3.05, 3.63) is 138 Å². The molecule has 652 valence electrons. The van der Waals surface area contributed by atoms with Crippen LogP contribution >= 0.6 is 0 Å². The van der Waals surface area contributed by atoms with E-state index < -0.39 is 204 Å². The van der Waals surface area contributed by atoms with Gasteiger partial charge in [-0.1, -0.05) is 91.0 Å². The highest BCUT2D eigenvalue weighted by Gasteiger charge is 2.38. The predicted octanol–water partition coefficient (Wildman–Crippen LogP) is -3.26. The highest BCUT2D eigenvalue weighted by molar-refractivity contribution is 6.01. The minimum atomic E-state index is -2.03. The molecule has 0 fully saturated rings. The Morgan fingerprint density at radius 3 is 0.975 bits per heavy atom. The number of phenolic OH excluding ortho intramolecular Hbond substituents is 1. The molecule has 25 N–H and O–H groups in total. The highest BCUT2D eigenvalue weighted by atomic mass is 16.4. The van der Waals surface area contributed by atoms with Gasteiger partial charge >= 0.3 is 11.9 Å². The first-order valence-electron chi connectivity index (χ1n) is 39.4. The van der Waals surface area contributed by atoms with Gasteiger partial charge in [0.2, 0.25) is 88.6 Å². The number of unbranched alkanes of at least 4 members (excludes halogenated alkanes) is 2. The summed E-state index contributed by atoms with van der Waals surface area (Å²) in [6.07, 6.45) is 1.24. The van der Waals surface area contributed by atoms with E-state index in [1.165, 1.54) is 86.6 Å². The second-order valence-electron chi connectivity index (χ2n) is 29.4. The van der Waals surface area contributed by atoms with Gasteiger partial charge in [0.05, 0.1) is 12.5 Å². The molecule has 39 nitrogen and oxygen atoms in total. The zero-order valence-corrected chi connectivity index (χ0v) is 68.4. The van der Waals surface area contributed by atoms with Gasteiger partial charge in [-0.2, -0.15) is 0 Å². The number of aromatic amines is 1. The van der Waals surface area contributed by atoms with Crippen LogP contribution in [0.1, 0.15) is 130 Å². The summed E-state index contributed by atoms with van der Waals surface area (Å²) < 4.78 is 0. The lowest BCUT2D eigenvalue weighted by Crippen LogP contribution is -2.61. The average molecular weight is 1670 g/mol.